The molecule has 0 saturated carbocycles. The molecule has 1 rings (SSSR count). The first kappa shape index (κ1) is 15.6. The Labute approximate surface area is 123 Å². The fourth-order valence-corrected chi connectivity index (χ4v) is 2.61. The van der Waals surface area contributed by atoms with Gasteiger partial charge in [0.2, 0.25) is 0 Å². The van der Waals surface area contributed by atoms with Crippen LogP contribution >= 0.6 is 39.1 Å². The monoisotopic (exact) mass is 355 g/mol. The second-order valence-corrected chi connectivity index (χ2v) is 5.59. The minimum atomic E-state index is -1.66. The summed E-state index contributed by atoms with van der Waals surface area (Å²) in [5.41, 5.74) is -1.21. The quantitative estimate of drug-likeness (QED) is 0.814. The molecule has 0 heterocycles. The largest absolute Gasteiger partial charge is 0.467 e. The highest BCUT2D eigenvalue weighted by Crippen LogP contribution is 2.34. The van der Waals surface area contributed by atoms with Crippen LogP contribution in [0, 0.1) is 0 Å². The third-order valence-electron chi connectivity index (χ3n) is 2.24. The first-order chi connectivity index (χ1) is 8.27. The highest BCUT2D eigenvalue weighted by Gasteiger charge is 2.31. The number of carbonyl (C=O) groups is 1. The summed E-state index contributed by atoms with van der Waals surface area (Å²) in [7, 11) is 1.20. The van der Waals surface area contributed by atoms with Gasteiger partial charge in [-0.1, -0.05) is 39.1 Å². The Balaban J connectivity index is 2.84. The normalized spacial score (nSPS) is 13.9. The van der Waals surface area contributed by atoms with Gasteiger partial charge in [-0.2, -0.15) is 0 Å². The van der Waals surface area contributed by atoms with Crippen LogP contribution in [0.15, 0.2) is 16.6 Å². The Morgan fingerprint density at radius 2 is 2.00 bits per heavy atom. The molecule has 0 saturated heterocycles. The van der Waals surface area contributed by atoms with Crippen molar-refractivity contribution in [2.24, 2.45) is 0 Å². The predicted molar refractivity (Wildman–Crippen MR) is 75.3 cm³/mol. The molecule has 0 aliphatic rings. The molecule has 18 heavy (non-hydrogen) atoms. The van der Waals surface area contributed by atoms with E-state index < -0.39 is 11.6 Å². The van der Waals surface area contributed by atoms with Gasteiger partial charge in [-0.05, 0) is 19.1 Å². The number of ether oxygens (including phenoxy) is 1. The molecule has 0 radical (unpaired) electrons. The summed E-state index contributed by atoms with van der Waals surface area (Å²) >= 11 is 15.3. The van der Waals surface area contributed by atoms with E-state index in [1.807, 2.05) is 0 Å². The molecule has 1 aromatic rings. The highest BCUT2D eigenvalue weighted by molar-refractivity contribution is 9.10. The van der Waals surface area contributed by atoms with Crippen molar-refractivity contribution in [3.8, 4) is 0 Å². The minimum Gasteiger partial charge on any atom is -0.467 e. The Morgan fingerprint density at radius 1 is 1.50 bits per heavy atom. The Bertz CT molecular complexity index is 443. The van der Waals surface area contributed by atoms with Gasteiger partial charge in [-0.25, -0.2) is 4.79 Å². The number of rotatable bonds is 4. The van der Waals surface area contributed by atoms with Gasteiger partial charge in [-0.15, -0.1) is 0 Å². The van der Waals surface area contributed by atoms with Crippen LogP contribution in [0.2, 0.25) is 10.0 Å². The molecule has 2 N–H and O–H groups in total. The molecule has 4 nitrogen and oxygen atoms in total. The van der Waals surface area contributed by atoms with Crippen LogP contribution in [0.5, 0.6) is 0 Å². The van der Waals surface area contributed by atoms with Crippen LogP contribution in [-0.2, 0) is 9.53 Å². The van der Waals surface area contributed by atoms with E-state index in [1.54, 1.807) is 12.1 Å². The van der Waals surface area contributed by atoms with E-state index in [2.05, 4.69) is 26.0 Å². The van der Waals surface area contributed by atoms with Gasteiger partial charge in [0.15, 0.2) is 5.60 Å². The summed E-state index contributed by atoms with van der Waals surface area (Å²) in [5, 5.41) is 13.4. The van der Waals surface area contributed by atoms with E-state index in [1.165, 1.54) is 14.0 Å². The van der Waals surface area contributed by atoms with Crippen molar-refractivity contribution in [3.05, 3.63) is 26.7 Å². The lowest BCUT2D eigenvalue weighted by molar-refractivity contribution is -0.158. The van der Waals surface area contributed by atoms with Crippen molar-refractivity contribution >= 4 is 50.8 Å². The van der Waals surface area contributed by atoms with Gasteiger partial charge in [0, 0.05) is 4.47 Å². The third kappa shape index (κ3) is 3.75. The summed E-state index contributed by atoms with van der Waals surface area (Å²) in [6.45, 7) is 1.27. The number of nitrogens with one attached hydrogen (secondary N) is 1. The number of halogens is 3. The number of carbonyl (C=O) groups excluding carboxylic acids is 1. The zero-order valence-corrected chi connectivity index (χ0v) is 12.9. The van der Waals surface area contributed by atoms with Gasteiger partial charge >= 0.3 is 5.97 Å². The number of methoxy groups -OCH3 is 1. The molecule has 1 atom stereocenters. The number of benzene rings is 1. The second-order valence-electron chi connectivity index (χ2n) is 3.86. The average molecular weight is 357 g/mol. The van der Waals surface area contributed by atoms with Crippen LogP contribution in [0.4, 0.5) is 5.69 Å². The van der Waals surface area contributed by atoms with E-state index in [9.17, 15) is 9.90 Å². The van der Waals surface area contributed by atoms with Crippen LogP contribution in [0.25, 0.3) is 0 Å². The molecular weight excluding hydrogens is 345 g/mol. The summed E-state index contributed by atoms with van der Waals surface area (Å²) in [4.78, 5) is 11.3. The molecule has 0 aliphatic heterocycles. The topological polar surface area (TPSA) is 58.6 Å². The molecule has 0 spiro atoms. The second kappa shape index (κ2) is 6.10. The SMILES string of the molecule is COC(=O)C(C)(O)CNc1c(Cl)cc(Br)cc1Cl. The number of esters is 1. The molecule has 0 amide bonds. The highest BCUT2D eigenvalue weighted by atomic mass is 79.9. The lowest BCUT2D eigenvalue weighted by atomic mass is 10.1. The standard InChI is InChI=1S/C11H12BrCl2NO3/c1-11(17,10(16)18-2)5-15-9-7(13)3-6(12)4-8(9)14/h3-4,15,17H,5H2,1-2H3. The maximum absolute atomic E-state index is 11.3. The lowest BCUT2D eigenvalue weighted by Gasteiger charge is -2.22. The molecule has 100 valence electrons. The summed E-state index contributed by atoms with van der Waals surface area (Å²) in [6.07, 6.45) is 0. The number of hydrogen-bond donors (Lipinski definition) is 2. The van der Waals surface area contributed by atoms with Gasteiger partial charge < -0.3 is 15.2 Å². The fourth-order valence-electron chi connectivity index (χ4n) is 1.26. The van der Waals surface area contributed by atoms with Gasteiger partial charge in [0.1, 0.15) is 0 Å². The number of aliphatic hydroxyl groups is 1. The van der Waals surface area contributed by atoms with Crippen molar-refractivity contribution in [2.75, 3.05) is 19.0 Å². The summed E-state index contributed by atoms with van der Waals surface area (Å²) in [6, 6.07) is 3.31. The van der Waals surface area contributed by atoms with Gasteiger partial charge in [0.05, 0.1) is 29.4 Å². The smallest absolute Gasteiger partial charge is 0.339 e. The van der Waals surface area contributed by atoms with Crippen LogP contribution in [0.3, 0.4) is 0 Å². The van der Waals surface area contributed by atoms with Crippen molar-refractivity contribution in [2.45, 2.75) is 12.5 Å². The third-order valence-corrected chi connectivity index (χ3v) is 3.30. The van der Waals surface area contributed by atoms with Gasteiger partial charge in [0.25, 0.3) is 0 Å². The fraction of sp³-hybridized carbons (Fsp3) is 0.364. The Hall–Kier alpha value is -0.490. The van der Waals surface area contributed by atoms with E-state index in [4.69, 9.17) is 23.2 Å². The minimum absolute atomic E-state index is 0.0687. The first-order valence-corrected chi connectivity index (χ1v) is 6.52. The molecule has 0 bridgehead atoms. The first-order valence-electron chi connectivity index (χ1n) is 4.97. The van der Waals surface area contributed by atoms with Crippen LogP contribution in [0.1, 0.15) is 6.92 Å². The van der Waals surface area contributed by atoms with E-state index in [0.29, 0.717) is 15.7 Å². The molecule has 1 aromatic carbocycles. The average Bonchev–Trinajstić information content (AvgIpc) is 2.26. The molecule has 0 aromatic heterocycles. The maximum atomic E-state index is 11.3. The van der Waals surface area contributed by atoms with Gasteiger partial charge in [-0.3, -0.25) is 0 Å². The summed E-state index contributed by atoms with van der Waals surface area (Å²) in [5.74, 6) is -0.737. The van der Waals surface area contributed by atoms with Crippen molar-refractivity contribution in [1.82, 2.24) is 0 Å². The number of hydrogen-bond acceptors (Lipinski definition) is 4. The zero-order valence-electron chi connectivity index (χ0n) is 9.76. The molecule has 0 fully saturated rings. The predicted octanol–water partition coefficient (Wildman–Crippen LogP) is 3.09. The zero-order chi connectivity index (χ0) is 13.9. The number of anilines is 1. The summed E-state index contributed by atoms with van der Waals surface area (Å²) < 4.78 is 5.22. The van der Waals surface area contributed by atoms with Crippen LogP contribution in [-0.4, -0.2) is 30.3 Å². The lowest BCUT2D eigenvalue weighted by Crippen LogP contribution is -2.42. The van der Waals surface area contributed by atoms with E-state index >= 15 is 0 Å². The van der Waals surface area contributed by atoms with Crippen molar-refractivity contribution in [1.29, 1.82) is 0 Å². The van der Waals surface area contributed by atoms with Crippen molar-refractivity contribution in [3.63, 3.8) is 0 Å². The van der Waals surface area contributed by atoms with Crippen molar-refractivity contribution < 1.29 is 14.6 Å². The molecule has 7 heteroatoms. The molecule has 1 unspecified atom stereocenters. The maximum Gasteiger partial charge on any atom is 0.339 e. The van der Waals surface area contributed by atoms with Crippen LogP contribution < -0.4 is 5.32 Å². The Morgan fingerprint density at radius 3 is 2.44 bits per heavy atom. The van der Waals surface area contributed by atoms with E-state index in [0.717, 1.165) is 4.47 Å². The molecular formula is C11H12BrCl2NO3. The van der Waals surface area contributed by atoms with E-state index in [-0.39, 0.29) is 6.54 Å². The Kier molecular flexibility index (Phi) is 5.28. The molecule has 0 aliphatic carbocycles.